The van der Waals surface area contributed by atoms with Crippen molar-refractivity contribution in [1.82, 2.24) is 0 Å². The first-order valence-electron chi connectivity index (χ1n) is 16.9. The highest BCUT2D eigenvalue weighted by Gasteiger charge is 2.57. The molecule has 1 heteroatoms. The first-order chi connectivity index (χ1) is 17.6. The zero-order valence-corrected chi connectivity index (χ0v) is 26.5. The van der Waals surface area contributed by atoms with Gasteiger partial charge in [0.1, 0.15) is 0 Å². The Bertz CT molecular complexity index is 707. The van der Waals surface area contributed by atoms with E-state index in [1.807, 2.05) is 0 Å². The predicted octanol–water partition coefficient (Wildman–Crippen LogP) is 11.0. The molecule has 216 valence electrons. The molecule has 0 heterocycles. The van der Waals surface area contributed by atoms with Gasteiger partial charge in [-0.25, -0.2) is 0 Å². The third kappa shape index (κ3) is 7.27. The van der Waals surface area contributed by atoms with E-state index in [9.17, 15) is 5.11 Å². The summed E-state index contributed by atoms with van der Waals surface area (Å²) < 4.78 is 0. The molecule has 3 saturated carbocycles. The number of hydrogen-bond acceptors (Lipinski definition) is 1. The van der Waals surface area contributed by atoms with Crippen LogP contribution in [0.15, 0.2) is 11.6 Å². The quantitative estimate of drug-likeness (QED) is 0.303. The summed E-state index contributed by atoms with van der Waals surface area (Å²) in [5, 5.41) is 10.2. The van der Waals surface area contributed by atoms with Gasteiger partial charge in [0, 0.05) is 0 Å². The summed E-state index contributed by atoms with van der Waals surface area (Å²) in [6.07, 6.45) is 24.2. The zero-order chi connectivity index (χ0) is 27.2. The van der Waals surface area contributed by atoms with Crippen molar-refractivity contribution in [3.05, 3.63) is 11.6 Å². The van der Waals surface area contributed by atoms with E-state index in [0.29, 0.717) is 10.8 Å². The number of allylic oxidation sites excluding steroid dienone is 1. The van der Waals surface area contributed by atoms with Crippen LogP contribution in [0.5, 0.6) is 0 Å². The van der Waals surface area contributed by atoms with Gasteiger partial charge in [0.2, 0.25) is 0 Å². The molecular weight excluding hydrogens is 448 g/mol. The summed E-state index contributed by atoms with van der Waals surface area (Å²) in [7, 11) is 0. The lowest BCUT2D eigenvalue weighted by molar-refractivity contribution is -0.109. The Hall–Kier alpha value is -0.300. The lowest BCUT2D eigenvalue weighted by atomic mass is 9.42. The van der Waals surface area contributed by atoms with E-state index in [2.05, 4.69) is 61.5 Å². The van der Waals surface area contributed by atoms with Gasteiger partial charge in [-0.2, -0.15) is 0 Å². The third-order valence-corrected chi connectivity index (χ3v) is 12.3. The fraction of sp³-hybridized carbons (Fsp3) is 0.944. The number of unbranched alkanes of at least 4 members (excludes halogenated alkanes) is 1. The van der Waals surface area contributed by atoms with Crippen LogP contribution in [0, 0.1) is 52.3 Å². The fourth-order valence-corrected chi connectivity index (χ4v) is 9.62. The molecule has 0 spiro atoms. The highest BCUT2D eigenvalue weighted by molar-refractivity contribution is 5.25. The minimum Gasteiger partial charge on any atom is -0.393 e. The predicted molar refractivity (Wildman–Crippen MR) is 163 cm³/mol. The second-order valence-electron chi connectivity index (χ2n) is 15.2. The van der Waals surface area contributed by atoms with E-state index in [4.69, 9.17) is 0 Å². The van der Waals surface area contributed by atoms with Gasteiger partial charge in [0.05, 0.1) is 6.10 Å². The smallest absolute Gasteiger partial charge is 0.0577 e. The van der Waals surface area contributed by atoms with Crippen molar-refractivity contribution in [2.24, 2.45) is 52.3 Å². The van der Waals surface area contributed by atoms with E-state index < -0.39 is 0 Å². The van der Waals surface area contributed by atoms with Crippen LogP contribution in [-0.4, -0.2) is 11.2 Å². The molecule has 3 fully saturated rings. The Kier molecular flexibility index (Phi) is 11.7. The van der Waals surface area contributed by atoms with Crippen molar-refractivity contribution in [3.63, 3.8) is 0 Å². The van der Waals surface area contributed by atoms with Crippen molar-refractivity contribution in [1.29, 1.82) is 0 Å². The summed E-state index contributed by atoms with van der Waals surface area (Å²) in [5.74, 6) is 6.37. The van der Waals surface area contributed by atoms with Gasteiger partial charge in [-0.1, -0.05) is 118 Å². The molecule has 0 aliphatic heterocycles. The molecule has 9 unspecified atom stereocenters. The lowest BCUT2D eigenvalue weighted by Gasteiger charge is -2.62. The SMILES string of the molecule is CC(C)CCCC(C)C1CCCC2C3CC=C4CC(O)CCC4(C)C3CCC12C.CCCCC(C)CC. The van der Waals surface area contributed by atoms with Gasteiger partial charge in [-0.05, 0) is 104 Å². The van der Waals surface area contributed by atoms with E-state index in [-0.39, 0.29) is 6.10 Å². The van der Waals surface area contributed by atoms with Gasteiger partial charge in [-0.15, -0.1) is 0 Å². The molecule has 37 heavy (non-hydrogen) atoms. The average Bonchev–Trinajstić information content (AvgIpc) is 2.86. The van der Waals surface area contributed by atoms with Gasteiger partial charge >= 0.3 is 0 Å². The van der Waals surface area contributed by atoms with Crippen LogP contribution in [0.3, 0.4) is 0 Å². The molecule has 0 amide bonds. The average molecular weight is 515 g/mol. The maximum Gasteiger partial charge on any atom is 0.0577 e. The molecule has 1 N–H and O–H groups in total. The topological polar surface area (TPSA) is 20.2 Å². The second kappa shape index (κ2) is 13.9. The molecule has 0 bridgehead atoms. The molecule has 0 aromatic carbocycles. The molecule has 0 aromatic rings. The van der Waals surface area contributed by atoms with Crippen LogP contribution < -0.4 is 0 Å². The molecule has 0 aromatic heterocycles. The molecule has 1 nitrogen and oxygen atoms in total. The van der Waals surface area contributed by atoms with E-state index in [0.717, 1.165) is 54.3 Å². The normalized spacial score (nSPS) is 38.9. The first-order valence-corrected chi connectivity index (χ1v) is 16.9. The van der Waals surface area contributed by atoms with Crippen LogP contribution in [-0.2, 0) is 0 Å². The summed E-state index contributed by atoms with van der Waals surface area (Å²) in [4.78, 5) is 0. The van der Waals surface area contributed by atoms with Gasteiger partial charge in [0.15, 0.2) is 0 Å². The van der Waals surface area contributed by atoms with Crippen molar-refractivity contribution in [2.45, 2.75) is 164 Å². The minimum atomic E-state index is -0.0783. The van der Waals surface area contributed by atoms with Crippen molar-refractivity contribution >= 4 is 0 Å². The fourth-order valence-electron chi connectivity index (χ4n) is 9.62. The Morgan fingerprint density at radius 1 is 0.892 bits per heavy atom. The Labute approximate surface area is 233 Å². The summed E-state index contributed by atoms with van der Waals surface area (Å²) in [6.45, 7) is 19.5. The first kappa shape index (κ1) is 31.2. The van der Waals surface area contributed by atoms with Crippen LogP contribution in [0.2, 0.25) is 0 Å². The van der Waals surface area contributed by atoms with E-state index in [1.165, 1.54) is 89.9 Å². The molecule has 0 saturated heterocycles. The minimum absolute atomic E-state index is 0.0783. The Morgan fingerprint density at radius 3 is 2.32 bits per heavy atom. The number of hydrogen-bond donors (Lipinski definition) is 1. The van der Waals surface area contributed by atoms with Crippen molar-refractivity contribution < 1.29 is 5.11 Å². The zero-order valence-electron chi connectivity index (χ0n) is 26.5. The van der Waals surface area contributed by atoms with Crippen LogP contribution in [0.1, 0.15) is 158 Å². The lowest BCUT2D eigenvalue weighted by Crippen LogP contribution is -2.54. The van der Waals surface area contributed by atoms with Crippen LogP contribution in [0.25, 0.3) is 0 Å². The largest absolute Gasteiger partial charge is 0.393 e. The summed E-state index contributed by atoms with van der Waals surface area (Å²) >= 11 is 0. The standard InChI is InChI=1S/C28H48O.C8H18/c1-19(2)8-6-9-20(3)24-10-7-11-25-23-13-12-21-18-22(29)14-16-27(21,4)26(23)15-17-28(24,25)5;1-4-6-7-8(3)5-2/h12,19-20,22-26,29H,6-11,13-18H2,1-5H3;8H,4-7H2,1-3H3. The Balaban J connectivity index is 0.000000414. The number of aliphatic hydroxyl groups is 1. The van der Waals surface area contributed by atoms with Gasteiger partial charge < -0.3 is 5.11 Å². The van der Waals surface area contributed by atoms with E-state index in [1.54, 1.807) is 5.57 Å². The molecule has 9 atom stereocenters. The van der Waals surface area contributed by atoms with Gasteiger partial charge in [-0.3, -0.25) is 0 Å². The molecule has 0 radical (unpaired) electrons. The molecule has 4 aliphatic rings. The maximum absolute atomic E-state index is 10.2. The number of fused-ring (bicyclic) bond motifs is 5. The highest BCUT2D eigenvalue weighted by atomic mass is 16.3. The van der Waals surface area contributed by atoms with Gasteiger partial charge in [0.25, 0.3) is 0 Å². The highest BCUT2D eigenvalue weighted by Crippen LogP contribution is 2.66. The number of aliphatic hydroxyl groups excluding tert-OH is 1. The Morgan fingerprint density at radius 2 is 1.65 bits per heavy atom. The molecular formula is C36H66O. The molecule has 4 aliphatic carbocycles. The van der Waals surface area contributed by atoms with Crippen LogP contribution in [0.4, 0.5) is 0 Å². The number of rotatable bonds is 9. The van der Waals surface area contributed by atoms with Crippen molar-refractivity contribution in [3.8, 4) is 0 Å². The van der Waals surface area contributed by atoms with Crippen LogP contribution >= 0.6 is 0 Å². The maximum atomic E-state index is 10.2. The third-order valence-electron chi connectivity index (χ3n) is 12.3. The second-order valence-corrected chi connectivity index (χ2v) is 15.2. The summed E-state index contributed by atoms with van der Waals surface area (Å²) in [5.41, 5.74) is 2.58. The monoisotopic (exact) mass is 515 g/mol. The molecule has 4 rings (SSSR count). The summed E-state index contributed by atoms with van der Waals surface area (Å²) in [6, 6.07) is 0. The van der Waals surface area contributed by atoms with E-state index >= 15 is 0 Å². The van der Waals surface area contributed by atoms with Crippen molar-refractivity contribution in [2.75, 3.05) is 0 Å².